The lowest BCUT2D eigenvalue weighted by Crippen LogP contribution is -2.79. The highest BCUT2D eigenvalue weighted by atomic mass is 16.6. The Bertz CT molecular complexity index is 545. The molecular weight excluding hydrogens is 384 g/mol. The average molecular weight is 423 g/mol. The van der Waals surface area contributed by atoms with Crippen LogP contribution in [-0.2, 0) is 28.4 Å². The van der Waals surface area contributed by atoms with Crippen molar-refractivity contribution in [1.29, 1.82) is 0 Å². The van der Waals surface area contributed by atoms with Crippen molar-refractivity contribution in [2.24, 2.45) is 0 Å². The molecule has 6 aliphatic rings. The van der Waals surface area contributed by atoms with Crippen LogP contribution in [0, 0.1) is 0 Å². The first kappa shape index (κ1) is 20.4. The zero-order valence-corrected chi connectivity index (χ0v) is 18.3. The summed E-state index contributed by atoms with van der Waals surface area (Å²) in [5, 5.41) is 0. The van der Waals surface area contributed by atoms with Gasteiger partial charge < -0.3 is 28.4 Å². The van der Waals surface area contributed by atoms with Gasteiger partial charge in [-0.3, -0.25) is 0 Å². The molecule has 0 aliphatic carbocycles. The van der Waals surface area contributed by atoms with Crippen molar-refractivity contribution >= 4 is 0 Å². The summed E-state index contributed by atoms with van der Waals surface area (Å²) in [7, 11) is 0. The zero-order chi connectivity index (χ0) is 20.1. The van der Waals surface area contributed by atoms with Gasteiger partial charge in [0.25, 0.3) is 0 Å². The average Bonchev–Trinajstić information content (AvgIpc) is 3.64. The molecule has 6 atom stereocenters. The Kier molecular flexibility index (Phi) is 5.21. The molecule has 6 saturated heterocycles. The molecule has 0 unspecified atom stereocenters. The lowest BCUT2D eigenvalue weighted by Gasteiger charge is -2.61. The van der Waals surface area contributed by atoms with E-state index in [-0.39, 0.29) is 12.2 Å². The molecule has 0 aromatic carbocycles. The molecule has 6 heteroatoms. The summed E-state index contributed by atoms with van der Waals surface area (Å²) >= 11 is 0. The maximum Gasteiger partial charge on any atom is 0.131 e. The molecule has 6 heterocycles. The van der Waals surface area contributed by atoms with Crippen LogP contribution >= 0.6 is 0 Å². The van der Waals surface area contributed by atoms with Crippen molar-refractivity contribution in [2.45, 2.75) is 112 Å². The molecule has 0 N–H and O–H groups in total. The van der Waals surface area contributed by atoms with Crippen LogP contribution < -0.4 is 0 Å². The highest BCUT2D eigenvalue weighted by Gasteiger charge is 2.78. The van der Waals surface area contributed by atoms with Gasteiger partial charge in [0.1, 0.15) is 22.4 Å². The molecule has 0 saturated carbocycles. The maximum absolute atomic E-state index is 6.96. The summed E-state index contributed by atoms with van der Waals surface area (Å²) in [5.74, 6) is 0. The van der Waals surface area contributed by atoms with Crippen LogP contribution in [0.15, 0.2) is 0 Å². The first-order chi connectivity index (χ1) is 14.8. The van der Waals surface area contributed by atoms with Crippen molar-refractivity contribution in [3.63, 3.8) is 0 Å². The van der Waals surface area contributed by atoms with Crippen molar-refractivity contribution in [3.05, 3.63) is 0 Å². The van der Waals surface area contributed by atoms with Crippen LogP contribution in [0.4, 0.5) is 0 Å². The first-order valence-corrected chi connectivity index (χ1v) is 12.6. The van der Waals surface area contributed by atoms with Crippen molar-refractivity contribution < 1.29 is 28.4 Å². The third-order valence-electron chi connectivity index (χ3n) is 9.07. The molecule has 0 amide bonds. The Morgan fingerprint density at radius 1 is 0.433 bits per heavy atom. The van der Waals surface area contributed by atoms with Gasteiger partial charge >= 0.3 is 0 Å². The third-order valence-corrected chi connectivity index (χ3v) is 9.07. The molecule has 6 nitrogen and oxygen atoms in total. The number of ether oxygens (including phenoxy) is 6. The van der Waals surface area contributed by atoms with Gasteiger partial charge in [-0.2, -0.15) is 0 Å². The van der Waals surface area contributed by atoms with Gasteiger partial charge in [0, 0.05) is 39.6 Å². The predicted octanol–water partition coefficient (Wildman–Crippen LogP) is 3.54. The molecule has 6 rings (SSSR count). The Morgan fingerprint density at radius 2 is 0.867 bits per heavy atom. The topological polar surface area (TPSA) is 55.4 Å². The van der Waals surface area contributed by atoms with E-state index in [1.165, 1.54) is 0 Å². The van der Waals surface area contributed by atoms with Crippen LogP contribution in [0.1, 0.15) is 77.0 Å². The molecule has 30 heavy (non-hydrogen) atoms. The number of rotatable bonds is 5. The van der Waals surface area contributed by atoms with Crippen LogP contribution in [0.25, 0.3) is 0 Å². The fourth-order valence-electron chi connectivity index (χ4n) is 8.15. The maximum atomic E-state index is 6.96. The second kappa shape index (κ2) is 7.67. The predicted molar refractivity (Wildman–Crippen MR) is 110 cm³/mol. The molecule has 6 aliphatic heterocycles. The van der Waals surface area contributed by atoms with Crippen LogP contribution in [0.3, 0.4) is 0 Å². The SMILES string of the molecule is C1CO[C@H]([C@]2([C@]3([C@]4([C@]5([C@H]6CCCO6)CCCO5)CCCO4)CCCO3)CCCO2)C1. The lowest BCUT2D eigenvalue weighted by atomic mass is 9.56. The van der Waals surface area contributed by atoms with Gasteiger partial charge in [-0.05, 0) is 77.0 Å². The van der Waals surface area contributed by atoms with Crippen molar-refractivity contribution in [2.75, 3.05) is 39.6 Å². The smallest absolute Gasteiger partial charge is 0.131 e. The summed E-state index contributed by atoms with van der Waals surface area (Å²) in [5.41, 5.74) is -1.94. The molecule has 0 aromatic heterocycles. The number of hydrogen-bond acceptors (Lipinski definition) is 6. The quantitative estimate of drug-likeness (QED) is 0.676. The normalized spacial score (nSPS) is 52.0. The molecular formula is C24H38O6. The molecule has 0 radical (unpaired) electrons. The van der Waals surface area contributed by atoms with Gasteiger partial charge in [0.15, 0.2) is 0 Å². The molecule has 0 aromatic rings. The zero-order valence-electron chi connectivity index (χ0n) is 18.3. The van der Waals surface area contributed by atoms with E-state index in [1.54, 1.807) is 0 Å². The summed E-state index contributed by atoms with van der Waals surface area (Å²) < 4.78 is 40.2. The van der Waals surface area contributed by atoms with Crippen LogP contribution in [0.2, 0.25) is 0 Å². The Labute approximate surface area is 180 Å². The summed E-state index contributed by atoms with van der Waals surface area (Å²) in [6.07, 6.45) is 12.6. The van der Waals surface area contributed by atoms with Crippen LogP contribution in [0.5, 0.6) is 0 Å². The second-order valence-corrected chi connectivity index (χ2v) is 10.2. The van der Waals surface area contributed by atoms with E-state index in [0.717, 1.165) is 117 Å². The fraction of sp³-hybridized carbons (Fsp3) is 1.00. The Balaban J connectivity index is 1.52. The standard InChI is InChI=1S/C24H38O6/c1-7-19(25-13-1)21(9-3-15-27-21)23(11-5-17-29-23)24(12-6-18-30-24)22(10-4-16-28-22)20-8-2-14-26-20/h19-20H,1-18H2/t19-,20+,21-,22+,23-,24+. The van der Waals surface area contributed by atoms with E-state index < -0.39 is 22.4 Å². The van der Waals surface area contributed by atoms with Gasteiger partial charge in [0.05, 0.1) is 12.2 Å². The van der Waals surface area contributed by atoms with Crippen molar-refractivity contribution in [3.8, 4) is 0 Å². The minimum absolute atomic E-state index is 0.0853. The molecule has 0 spiro atoms. The first-order valence-electron chi connectivity index (χ1n) is 12.6. The summed E-state index contributed by atoms with van der Waals surface area (Å²) in [6, 6.07) is 0. The Hall–Kier alpha value is -0.240. The van der Waals surface area contributed by atoms with Crippen LogP contribution in [-0.4, -0.2) is 74.3 Å². The molecule has 170 valence electrons. The third kappa shape index (κ3) is 2.52. The minimum Gasteiger partial charge on any atom is -0.375 e. The summed E-state index contributed by atoms with van der Waals surface area (Å²) in [4.78, 5) is 0. The largest absolute Gasteiger partial charge is 0.375 e. The van der Waals surface area contributed by atoms with E-state index in [4.69, 9.17) is 28.4 Å². The van der Waals surface area contributed by atoms with Crippen molar-refractivity contribution in [1.82, 2.24) is 0 Å². The van der Waals surface area contributed by atoms with E-state index in [0.29, 0.717) is 0 Å². The highest BCUT2D eigenvalue weighted by Crippen LogP contribution is 2.64. The van der Waals surface area contributed by atoms with E-state index in [2.05, 4.69) is 0 Å². The number of hydrogen-bond donors (Lipinski definition) is 0. The second-order valence-electron chi connectivity index (χ2n) is 10.2. The lowest BCUT2D eigenvalue weighted by molar-refractivity contribution is -0.335. The van der Waals surface area contributed by atoms with Gasteiger partial charge in [-0.25, -0.2) is 0 Å². The Morgan fingerprint density at radius 3 is 1.17 bits per heavy atom. The highest BCUT2D eigenvalue weighted by molar-refractivity contribution is 5.28. The van der Waals surface area contributed by atoms with Gasteiger partial charge in [-0.15, -0.1) is 0 Å². The van der Waals surface area contributed by atoms with Gasteiger partial charge in [0.2, 0.25) is 0 Å². The summed E-state index contributed by atoms with van der Waals surface area (Å²) in [6.45, 7) is 4.76. The minimum atomic E-state index is -0.529. The van der Waals surface area contributed by atoms with E-state index >= 15 is 0 Å². The molecule has 6 fully saturated rings. The monoisotopic (exact) mass is 422 g/mol. The fourth-order valence-corrected chi connectivity index (χ4v) is 8.15. The molecule has 0 bridgehead atoms. The van der Waals surface area contributed by atoms with E-state index in [1.807, 2.05) is 0 Å². The van der Waals surface area contributed by atoms with Gasteiger partial charge in [-0.1, -0.05) is 0 Å². The van der Waals surface area contributed by atoms with E-state index in [9.17, 15) is 0 Å².